The van der Waals surface area contributed by atoms with Crippen molar-refractivity contribution in [3.8, 4) is 0 Å². The highest BCUT2D eigenvalue weighted by Crippen LogP contribution is 2.06. The van der Waals surface area contributed by atoms with E-state index in [9.17, 15) is 4.79 Å². The van der Waals surface area contributed by atoms with Gasteiger partial charge in [-0.1, -0.05) is 13.8 Å². The molecule has 1 rings (SSSR count). The van der Waals surface area contributed by atoms with Crippen LogP contribution in [0.1, 0.15) is 24.3 Å². The van der Waals surface area contributed by atoms with Crippen LogP contribution in [0, 0.1) is 0 Å². The first kappa shape index (κ1) is 11.1. The topological polar surface area (TPSA) is 50.2 Å². The van der Waals surface area contributed by atoms with E-state index in [0.717, 1.165) is 4.47 Å². The van der Waals surface area contributed by atoms with Crippen molar-refractivity contribution in [1.29, 1.82) is 0 Å². The van der Waals surface area contributed by atoms with E-state index < -0.39 is 5.97 Å². The lowest BCUT2D eigenvalue weighted by Gasteiger charge is -1.90. The van der Waals surface area contributed by atoms with Gasteiger partial charge in [-0.05, 0) is 28.1 Å². The van der Waals surface area contributed by atoms with Crippen LogP contribution in [0.5, 0.6) is 0 Å². The lowest BCUT2D eigenvalue weighted by molar-refractivity contribution is 0.0690. The second-order valence-corrected chi connectivity index (χ2v) is 2.58. The fourth-order valence-corrected chi connectivity index (χ4v) is 0.737. The lowest BCUT2D eigenvalue weighted by Crippen LogP contribution is -1.98. The molecule has 0 radical (unpaired) electrons. The number of hydrogen-bond donors (Lipinski definition) is 1. The van der Waals surface area contributed by atoms with Crippen LogP contribution in [0.25, 0.3) is 0 Å². The Labute approximate surface area is 79.6 Å². The van der Waals surface area contributed by atoms with Crippen LogP contribution in [-0.2, 0) is 0 Å². The molecule has 0 aliphatic carbocycles. The van der Waals surface area contributed by atoms with Crippen LogP contribution in [0.15, 0.2) is 22.8 Å². The van der Waals surface area contributed by atoms with Crippen molar-refractivity contribution in [2.45, 2.75) is 13.8 Å². The van der Waals surface area contributed by atoms with Crippen molar-refractivity contribution in [1.82, 2.24) is 4.98 Å². The fourth-order valence-electron chi connectivity index (χ4n) is 0.502. The third-order valence-corrected chi connectivity index (χ3v) is 1.42. The fraction of sp³-hybridized carbons (Fsp3) is 0.250. The number of carbonyl (C=O) groups is 1. The van der Waals surface area contributed by atoms with E-state index in [-0.39, 0.29) is 5.69 Å². The number of hydrogen-bond acceptors (Lipinski definition) is 2. The first-order valence-corrected chi connectivity index (χ1v) is 4.34. The van der Waals surface area contributed by atoms with E-state index in [0.29, 0.717) is 0 Å². The minimum atomic E-state index is -1.01. The summed E-state index contributed by atoms with van der Waals surface area (Å²) < 4.78 is 0.775. The summed E-state index contributed by atoms with van der Waals surface area (Å²) in [6.45, 7) is 4.00. The molecule has 66 valence electrons. The molecule has 0 unspecified atom stereocenters. The minimum absolute atomic E-state index is 0.0585. The Kier molecular flexibility index (Phi) is 5.28. The van der Waals surface area contributed by atoms with Gasteiger partial charge in [-0.2, -0.15) is 0 Å². The highest BCUT2D eigenvalue weighted by Gasteiger charge is 2.01. The zero-order valence-electron chi connectivity index (χ0n) is 6.91. The van der Waals surface area contributed by atoms with E-state index in [4.69, 9.17) is 5.11 Å². The van der Waals surface area contributed by atoms with E-state index in [1.165, 1.54) is 12.3 Å². The molecule has 0 aliphatic heterocycles. The molecular formula is C8H10BrNO2. The van der Waals surface area contributed by atoms with Crippen LogP contribution < -0.4 is 0 Å². The van der Waals surface area contributed by atoms with E-state index in [1.54, 1.807) is 6.07 Å². The number of rotatable bonds is 1. The molecule has 1 heterocycles. The van der Waals surface area contributed by atoms with Crippen LogP contribution in [0.3, 0.4) is 0 Å². The van der Waals surface area contributed by atoms with Gasteiger partial charge in [-0.3, -0.25) is 0 Å². The standard InChI is InChI=1S/C6H4BrNO2.C2H6/c7-4-1-2-5(6(9)10)8-3-4;1-2/h1-3H,(H,9,10);1-2H3. The highest BCUT2D eigenvalue weighted by molar-refractivity contribution is 9.10. The molecule has 0 atom stereocenters. The van der Waals surface area contributed by atoms with Crippen molar-refractivity contribution >= 4 is 21.9 Å². The predicted molar refractivity (Wildman–Crippen MR) is 50.2 cm³/mol. The average molecular weight is 232 g/mol. The predicted octanol–water partition coefficient (Wildman–Crippen LogP) is 2.57. The molecule has 1 aromatic heterocycles. The quantitative estimate of drug-likeness (QED) is 0.809. The van der Waals surface area contributed by atoms with E-state index >= 15 is 0 Å². The van der Waals surface area contributed by atoms with Crippen molar-refractivity contribution in [3.63, 3.8) is 0 Å². The minimum Gasteiger partial charge on any atom is -0.477 e. The maximum Gasteiger partial charge on any atom is 0.354 e. The van der Waals surface area contributed by atoms with Gasteiger partial charge in [0.25, 0.3) is 0 Å². The number of pyridine rings is 1. The van der Waals surface area contributed by atoms with Crippen molar-refractivity contribution in [2.24, 2.45) is 0 Å². The molecule has 1 aromatic rings. The third-order valence-electron chi connectivity index (χ3n) is 0.947. The Morgan fingerprint density at radius 1 is 1.50 bits per heavy atom. The van der Waals surface area contributed by atoms with Gasteiger partial charge in [0, 0.05) is 10.7 Å². The van der Waals surface area contributed by atoms with Crippen LogP contribution in [0.4, 0.5) is 0 Å². The second kappa shape index (κ2) is 5.71. The van der Waals surface area contributed by atoms with E-state index in [2.05, 4.69) is 20.9 Å². The molecule has 0 saturated carbocycles. The number of carboxylic acids is 1. The van der Waals surface area contributed by atoms with Gasteiger partial charge in [0.15, 0.2) is 0 Å². The second-order valence-electron chi connectivity index (χ2n) is 1.67. The summed E-state index contributed by atoms with van der Waals surface area (Å²) in [7, 11) is 0. The number of aromatic carboxylic acids is 1. The number of nitrogens with zero attached hydrogens (tertiary/aromatic N) is 1. The highest BCUT2D eigenvalue weighted by atomic mass is 79.9. The van der Waals surface area contributed by atoms with Gasteiger partial charge in [-0.15, -0.1) is 0 Å². The lowest BCUT2D eigenvalue weighted by atomic mass is 10.4. The Morgan fingerprint density at radius 2 is 2.08 bits per heavy atom. The summed E-state index contributed by atoms with van der Waals surface area (Å²) in [5, 5.41) is 8.40. The van der Waals surface area contributed by atoms with Crippen molar-refractivity contribution < 1.29 is 9.90 Å². The third kappa shape index (κ3) is 3.48. The van der Waals surface area contributed by atoms with Gasteiger partial charge in [0.1, 0.15) is 5.69 Å². The maximum atomic E-state index is 10.2. The van der Waals surface area contributed by atoms with Gasteiger partial charge in [-0.25, -0.2) is 9.78 Å². The van der Waals surface area contributed by atoms with Crippen LogP contribution in [0.2, 0.25) is 0 Å². The first-order valence-electron chi connectivity index (χ1n) is 3.55. The normalized spacial score (nSPS) is 8.25. The zero-order chi connectivity index (χ0) is 9.56. The smallest absolute Gasteiger partial charge is 0.354 e. The molecule has 0 aliphatic rings. The number of aromatic nitrogens is 1. The number of carboxylic acid groups (broad SMARTS) is 1. The Balaban J connectivity index is 0.000000561. The van der Waals surface area contributed by atoms with Gasteiger partial charge >= 0.3 is 5.97 Å². The van der Waals surface area contributed by atoms with Crippen LogP contribution in [-0.4, -0.2) is 16.1 Å². The molecule has 0 amide bonds. The summed E-state index contributed by atoms with van der Waals surface area (Å²) in [5.41, 5.74) is 0.0585. The molecule has 4 heteroatoms. The number of halogens is 1. The van der Waals surface area contributed by atoms with E-state index in [1.807, 2.05) is 13.8 Å². The van der Waals surface area contributed by atoms with Crippen molar-refractivity contribution in [2.75, 3.05) is 0 Å². The van der Waals surface area contributed by atoms with Gasteiger partial charge < -0.3 is 5.11 Å². The zero-order valence-corrected chi connectivity index (χ0v) is 8.50. The average Bonchev–Trinajstić information content (AvgIpc) is 2.09. The first-order chi connectivity index (χ1) is 5.70. The molecular weight excluding hydrogens is 222 g/mol. The molecule has 1 N–H and O–H groups in total. The SMILES string of the molecule is CC.O=C(O)c1ccc(Br)cn1. The largest absolute Gasteiger partial charge is 0.477 e. The summed E-state index contributed by atoms with van der Waals surface area (Å²) in [5.74, 6) is -1.01. The molecule has 0 bridgehead atoms. The monoisotopic (exact) mass is 231 g/mol. The summed E-state index contributed by atoms with van der Waals surface area (Å²) >= 11 is 3.14. The maximum absolute atomic E-state index is 10.2. The Bertz CT molecular complexity index is 246. The van der Waals surface area contributed by atoms with Gasteiger partial charge in [0.2, 0.25) is 0 Å². The Hall–Kier alpha value is -0.900. The molecule has 12 heavy (non-hydrogen) atoms. The Morgan fingerprint density at radius 3 is 2.42 bits per heavy atom. The molecule has 0 fully saturated rings. The molecule has 0 spiro atoms. The summed E-state index contributed by atoms with van der Waals surface area (Å²) in [4.78, 5) is 13.9. The molecule has 3 nitrogen and oxygen atoms in total. The van der Waals surface area contributed by atoms with Gasteiger partial charge in [0.05, 0.1) is 0 Å². The molecule has 0 saturated heterocycles. The molecule has 0 aromatic carbocycles. The van der Waals surface area contributed by atoms with Crippen LogP contribution >= 0.6 is 15.9 Å². The summed E-state index contributed by atoms with van der Waals surface area (Å²) in [6, 6.07) is 3.07. The van der Waals surface area contributed by atoms with Crippen molar-refractivity contribution in [3.05, 3.63) is 28.5 Å². The summed E-state index contributed by atoms with van der Waals surface area (Å²) in [6.07, 6.45) is 1.45.